The maximum absolute atomic E-state index is 12.2. The summed E-state index contributed by atoms with van der Waals surface area (Å²) in [5.41, 5.74) is 3.24. The molecule has 200 valence electrons. The number of amides is 1. The van der Waals surface area contributed by atoms with Crippen LogP contribution in [0, 0.1) is 0 Å². The van der Waals surface area contributed by atoms with Gasteiger partial charge in [-0.3, -0.25) is 4.90 Å². The predicted octanol–water partition coefficient (Wildman–Crippen LogP) is 4.77. The van der Waals surface area contributed by atoms with Crippen LogP contribution in [0.1, 0.15) is 62.6 Å². The van der Waals surface area contributed by atoms with Crippen molar-refractivity contribution in [3.63, 3.8) is 0 Å². The first kappa shape index (κ1) is 26.2. The number of carboxylic acid groups (broad SMARTS) is 1. The number of thioether (sulfide) groups is 1. The molecule has 1 aromatic heterocycles. The van der Waals surface area contributed by atoms with Crippen LogP contribution in [0.5, 0.6) is 0 Å². The van der Waals surface area contributed by atoms with E-state index in [0.29, 0.717) is 31.9 Å². The Kier molecular flexibility index (Phi) is 7.12. The van der Waals surface area contributed by atoms with E-state index < -0.39 is 17.2 Å². The second-order valence-corrected chi connectivity index (χ2v) is 11.7. The Morgan fingerprint density at radius 3 is 2.78 bits per heavy atom. The van der Waals surface area contributed by atoms with Crippen molar-refractivity contribution in [3.05, 3.63) is 40.6 Å². The minimum atomic E-state index is -0.986. The second-order valence-electron chi connectivity index (χ2n) is 10.9. The highest BCUT2D eigenvalue weighted by molar-refractivity contribution is 7.98. The molecule has 10 heteroatoms. The Labute approximate surface area is 222 Å². The third-order valence-corrected chi connectivity index (χ3v) is 7.90. The van der Waals surface area contributed by atoms with Gasteiger partial charge in [0.25, 0.3) is 0 Å². The first-order valence-electron chi connectivity index (χ1n) is 12.8. The molecular formula is C27H36N4O5S. The summed E-state index contributed by atoms with van der Waals surface area (Å²) in [4.78, 5) is 25.7. The molecule has 5 rings (SSSR count). The lowest BCUT2D eigenvalue weighted by atomic mass is 9.80. The maximum Gasteiger partial charge on any atom is 0.412 e. The summed E-state index contributed by atoms with van der Waals surface area (Å²) < 4.78 is 18.6. The van der Waals surface area contributed by atoms with Gasteiger partial charge in [-0.15, -0.1) is 0 Å². The van der Waals surface area contributed by atoms with Gasteiger partial charge in [0, 0.05) is 42.9 Å². The lowest BCUT2D eigenvalue weighted by Gasteiger charge is -2.45. The van der Waals surface area contributed by atoms with Crippen LogP contribution in [0.15, 0.2) is 23.4 Å². The quantitative estimate of drug-likeness (QED) is 0.446. The van der Waals surface area contributed by atoms with Gasteiger partial charge < -0.3 is 24.2 Å². The van der Waals surface area contributed by atoms with Crippen molar-refractivity contribution in [1.82, 2.24) is 9.97 Å². The number of hydrogen-bond acceptors (Lipinski definition) is 8. The smallest absolute Gasteiger partial charge is 0.412 e. The number of nitrogens with zero attached hydrogens (tertiary/aromatic N) is 4. The van der Waals surface area contributed by atoms with E-state index >= 15 is 0 Å². The monoisotopic (exact) mass is 528 g/mol. The molecule has 2 aromatic rings. The third-order valence-electron chi connectivity index (χ3n) is 7.35. The third kappa shape index (κ3) is 4.92. The van der Waals surface area contributed by atoms with E-state index in [0.717, 1.165) is 59.5 Å². The number of anilines is 2. The topological polar surface area (TPSA) is 97.3 Å². The van der Waals surface area contributed by atoms with Crippen molar-refractivity contribution >= 4 is 29.4 Å². The molecule has 0 saturated carbocycles. The highest BCUT2D eigenvalue weighted by atomic mass is 32.2. The minimum absolute atomic E-state index is 0.118. The van der Waals surface area contributed by atoms with Gasteiger partial charge in [-0.1, -0.05) is 17.8 Å². The molecule has 1 amide bonds. The van der Waals surface area contributed by atoms with Crippen LogP contribution >= 0.6 is 11.8 Å². The molecule has 0 aliphatic carbocycles. The summed E-state index contributed by atoms with van der Waals surface area (Å²) in [7, 11) is 0. The van der Waals surface area contributed by atoms with Gasteiger partial charge in [-0.05, 0) is 63.6 Å². The molecule has 1 fully saturated rings. The number of aromatic nitrogens is 2. The Morgan fingerprint density at radius 1 is 1.24 bits per heavy atom. The van der Waals surface area contributed by atoms with Gasteiger partial charge in [0.05, 0.1) is 31.6 Å². The second kappa shape index (κ2) is 10.1. The number of fused-ring (bicyclic) bond motifs is 3. The number of ether oxygens (including phenoxy) is 3. The van der Waals surface area contributed by atoms with Crippen LogP contribution in [0.4, 0.5) is 16.3 Å². The lowest BCUT2D eigenvalue weighted by molar-refractivity contribution is -0.148. The summed E-state index contributed by atoms with van der Waals surface area (Å²) in [5.74, 6) is 0.929. The molecule has 2 atom stereocenters. The van der Waals surface area contributed by atoms with E-state index in [1.54, 1.807) is 0 Å². The van der Waals surface area contributed by atoms with Crippen molar-refractivity contribution in [1.29, 1.82) is 0 Å². The summed E-state index contributed by atoms with van der Waals surface area (Å²) in [6.07, 6.45) is 2.37. The summed E-state index contributed by atoms with van der Waals surface area (Å²) in [6, 6.07) is 5.82. The average molecular weight is 529 g/mol. The van der Waals surface area contributed by atoms with Crippen molar-refractivity contribution in [2.24, 2.45) is 0 Å². The minimum Gasteiger partial charge on any atom is -0.465 e. The molecule has 3 aliphatic heterocycles. The molecule has 1 aromatic carbocycles. The Morgan fingerprint density at radius 2 is 2.05 bits per heavy atom. The molecule has 37 heavy (non-hydrogen) atoms. The summed E-state index contributed by atoms with van der Waals surface area (Å²) in [6.45, 7) is 11.5. The van der Waals surface area contributed by atoms with Gasteiger partial charge in [-0.25, -0.2) is 14.8 Å². The highest BCUT2D eigenvalue weighted by Crippen LogP contribution is 2.47. The van der Waals surface area contributed by atoms with Gasteiger partial charge in [0.15, 0.2) is 5.16 Å². The average Bonchev–Trinajstić information content (AvgIpc) is 3.14. The predicted molar refractivity (Wildman–Crippen MR) is 143 cm³/mol. The number of benzene rings is 1. The van der Waals surface area contributed by atoms with Crippen LogP contribution in [0.2, 0.25) is 0 Å². The van der Waals surface area contributed by atoms with Crippen molar-refractivity contribution < 1.29 is 24.1 Å². The van der Waals surface area contributed by atoms with Gasteiger partial charge >= 0.3 is 6.09 Å². The van der Waals surface area contributed by atoms with E-state index in [9.17, 15) is 9.90 Å². The fourth-order valence-corrected chi connectivity index (χ4v) is 5.92. The van der Waals surface area contributed by atoms with E-state index in [4.69, 9.17) is 24.2 Å². The van der Waals surface area contributed by atoms with Crippen molar-refractivity contribution in [2.75, 3.05) is 49.0 Å². The number of hydrogen-bond donors (Lipinski definition) is 1. The largest absolute Gasteiger partial charge is 0.465 e. The molecule has 1 spiro atoms. The molecule has 3 aliphatic rings. The van der Waals surface area contributed by atoms with E-state index in [1.165, 1.54) is 16.7 Å². The fourth-order valence-electron chi connectivity index (χ4n) is 5.54. The van der Waals surface area contributed by atoms with Crippen LogP contribution in [0.3, 0.4) is 0 Å². The van der Waals surface area contributed by atoms with E-state index in [2.05, 4.69) is 4.90 Å². The molecule has 9 nitrogen and oxygen atoms in total. The first-order chi connectivity index (χ1) is 17.6. The maximum atomic E-state index is 12.2. The summed E-state index contributed by atoms with van der Waals surface area (Å²) in [5, 5.41) is 10.8. The summed E-state index contributed by atoms with van der Waals surface area (Å²) >= 11 is 1.53. The standard InChI is InChI=1S/C27H36N4O5S/c1-17-19-8-7-18(31(25(32)33)26(2,3)4)13-21(19)27(16-35-17)14-22-20(15-36-27)23(29-24(28-22)37-5)30-9-6-11-34-12-10-30/h7-8,13,17H,6,9-12,14-16H2,1-5H3,(H,32,33)/t17-,27-/m0/s1. The van der Waals surface area contributed by atoms with Crippen molar-refractivity contribution in [3.8, 4) is 0 Å². The van der Waals surface area contributed by atoms with Crippen LogP contribution < -0.4 is 9.80 Å². The Hall–Kier alpha value is -2.40. The molecule has 0 unspecified atom stereocenters. The zero-order valence-corrected chi connectivity index (χ0v) is 23.1. The molecule has 0 radical (unpaired) electrons. The van der Waals surface area contributed by atoms with Crippen LogP contribution in [-0.4, -0.2) is 65.9 Å². The molecule has 1 N–H and O–H groups in total. The van der Waals surface area contributed by atoms with Crippen LogP contribution in [-0.2, 0) is 32.8 Å². The molecule has 0 bridgehead atoms. The number of carbonyl (C=O) groups is 1. The van der Waals surface area contributed by atoms with E-state index in [1.807, 2.05) is 52.1 Å². The van der Waals surface area contributed by atoms with E-state index in [-0.39, 0.29) is 6.10 Å². The van der Waals surface area contributed by atoms with Gasteiger partial charge in [0.1, 0.15) is 11.4 Å². The van der Waals surface area contributed by atoms with Crippen molar-refractivity contribution in [2.45, 2.75) is 69.5 Å². The fraction of sp³-hybridized carbons (Fsp3) is 0.593. The zero-order valence-electron chi connectivity index (χ0n) is 22.2. The molecular weight excluding hydrogens is 492 g/mol. The Bertz CT molecular complexity index is 1180. The van der Waals surface area contributed by atoms with Crippen LogP contribution in [0.25, 0.3) is 0 Å². The molecule has 4 heterocycles. The highest BCUT2D eigenvalue weighted by Gasteiger charge is 2.46. The SMILES string of the molecule is CSc1nc2c(c(N3CCCOCC3)n1)CO[C@]1(CO[C@@H](C)c3ccc(N(C(=O)O)C(C)(C)C)cc31)C2. The lowest BCUT2D eigenvalue weighted by Crippen LogP contribution is -2.47. The Balaban J connectivity index is 1.58. The van der Waals surface area contributed by atoms with Gasteiger partial charge in [0.2, 0.25) is 0 Å². The zero-order chi connectivity index (χ0) is 26.4. The first-order valence-corrected chi connectivity index (χ1v) is 14.0. The number of rotatable bonds is 3. The van der Waals surface area contributed by atoms with Gasteiger partial charge in [-0.2, -0.15) is 0 Å². The molecule has 1 saturated heterocycles. The normalized spacial score (nSPS) is 23.8.